The summed E-state index contributed by atoms with van der Waals surface area (Å²) >= 11 is 5.34. The maximum atomic E-state index is 5.34. The summed E-state index contributed by atoms with van der Waals surface area (Å²) in [5.41, 5.74) is 0. The molecule has 0 radical (unpaired) electrons. The van der Waals surface area contributed by atoms with Gasteiger partial charge in [-0.15, -0.1) is 18.0 Å². The summed E-state index contributed by atoms with van der Waals surface area (Å²) < 4.78 is 9.93. The molecule has 0 aromatic carbocycles. The first-order valence-electron chi connectivity index (χ1n) is 3.06. The van der Waals surface area contributed by atoms with Crippen LogP contribution in [-0.4, -0.2) is 32.3 Å². The Kier molecular flexibility index (Phi) is 8.57. The maximum Gasteiger partial charge on any atom is 0.107 e. The number of rotatable bonds is 6. The van der Waals surface area contributed by atoms with E-state index in [0.717, 1.165) is 0 Å². The van der Waals surface area contributed by atoms with Gasteiger partial charge in [-0.1, -0.05) is 5.92 Å². The van der Waals surface area contributed by atoms with E-state index in [4.69, 9.17) is 27.5 Å². The Morgan fingerprint density at radius 3 is 2.50 bits per heavy atom. The zero-order chi connectivity index (χ0) is 7.66. The van der Waals surface area contributed by atoms with Crippen molar-refractivity contribution < 1.29 is 9.47 Å². The lowest BCUT2D eigenvalue weighted by molar-refractivity contribution is 0.0671. The molecule has 0 heterocycles. The Bertz CT molecular complexity index is 98.3. The van der Waals surface area contributed by atoms with Gasteiger partial charge < -0.3 is 9.47 Å². The monoisotopic (exact) mass is 162 g/mol. The van der Waals surface area contributed by atoms with Crippen LogP contribution in [0.3, 0.4) is 0 Å². The van der Waals surface area contributed by atoms with Crippen molar-refractivity contribution in [1.82, 2.24) is 0 Å². The van der Waals surface area contributed by atoms with Crippen LogP contribution in [0, 0.1) is 12.3 Å². The summed E-state index contributed by atoms with van der Waals surface area (Å²) in [5, 5.41) is 0. The molecule has 0 fully saturated rings. The van der Waals surface area contributed by atoms with Crippen molar-refractivity contribution in [3.63, 3.8) is 0 Å². The fourth-order valence-electron chi connectivity index (χ4n) is 0.406. The van der Waals surface area contributed by atoms with Gasteiger partial charge in [-0.2, -0.15) is 0 Å². The van der Waals surface area contributed by atoms with Gasteiger partial charge in [-0.05, 0) is 0 Å². The van der Waals surface area contributed by atoms with Crippen LogP contribution in [0.4, 0.5) is 0 Å². The minimum Gasteiger partial charge on any atom is -0.378 e. The molecule has 0 bridgehead atoms. The van der Waals surface area contributed by atoms with Crippen molar-refractivity contribution in [3.05, 3.63) is 0 Å². The summed E-state index contributed by atoms with van der Waals surface area (Å²) in [6.45, 7) is 2.03. The third-order valence-corrected chi connectivity index (χ3v) is 0.933. The molecule has 0 aliphatic heterocycles. The molecule has 0 aromatic heterocycles. The van der Waals surface area contributed by atoms with Gasteiger partial charge in [-0.3, -0.25) is 0 Å². The van der Waals surface area contributed by atoms with Gasteiger partial charge in [0.1, 0.15) is 6.61 Å². The Morgan fingerprint density at radius 1 is 1.20 bits per heavy atom. The largest absolute Gasteiger partial charge is 0.378 e. The molecule has 0 rings (SSSR count). The quantitative estimate of drug-likeness (QED) is 0.328. The first-order valence-corrected chi connectivity index (χ1v) is 3.60. The molecule has 2 nitrogen and oxygen atoms in total. The Balaban J connectivity index is 2.72. The zero-order valence-corrected chi connectivity index (χ0v) is 6.56. The van der Waals surface area contributed by atoms with E-state index in [2.05, 4.69) is 5.92 Å². The molecule has 0 aliphatic rings. The molecular formula is C7H11ClO2. The Hall–Kier alpha value is -0.230. The van der Waals surface area contributed by atoms with Crippen LogP contribution in [0.2, 0.25) is 0 Å². The fourth-order valence-corrected chi connectivity index (χ4v) is 0.515. The first-order chi connectivity index (χ1) is 4.91. The second kappa shape index (κ2) is 8.77. The summed E-state index contributed by atoms with van der Waals surface area (Å²) in [4.78, 5) is 0. The molecule has 10 heavy (non-hydrogen) atoms. The van der Waals surface area contributed by atoms with E-state index in [0.29, 0.717) is 32.3 Å². The standard InChI is InChI=1S/C7H11ClO2/c1-2-4-9-6-7-10-5-3-8/h1H,3-7H2. The highest BCUT2D eigenvalue weighted by Gasteiger charge is 1.85. The Labute approximate surface area is 66.5 Å². The van der Waals surface area contributed by atoms with Gasteiger partial charge >= 0.3 is 0 Å². The minimum absolute atomic E-state index is 0.351. The zero-order valence-electron chi connectivity index (χ0n) is 5.81. The molecule has 0 saturated heterocycles. The number of terminal acetylenes is 1. The van der Waals surface area contributed by atoms with Crippen molar-refractivity contribution in [1.29, 1.82) is 0 Å². The molecule has 58 valence electrons. The van der Waals surface area contributed by atoms with Crippen molar-refractivity contribution >= 4 is 11.6 Å². The topological polar surface area (TPSA) is 18.5 Å². The lowest BCUT2D eigenvalue weighted by atomic mass is 10.7. The number of ether oxygens (including phenoxy) is 2. The van der Waals surface area contributed by atoms with Gasteiger partial charge in [0, 0.05) is 5.88 Å². The normalized spacial score (nSPS) is 9.20. The van der Waals surface area contributed by atoms with Crippen molar-refractivity contribution in [2.45, 2.75) is 0 Å². The molecule has 0 N–H and O–H groups in total. The van der Waals surface area contributed by atoms with E-state index >= 15 is 0 Å². The smallest absolute Gasteiger partial charge is 0.107 e. The molecule has 0 spiro atoms. The lowest BCUT2D eigenvalue weighted by Gasteiger charge is -2.00. The number of hydrogen-bond acceptors (Lipinski definition) is 2. The van der Waals surface area contributed by atoms with E-state index in [1.165, 1.54) is 0 Å². The third kappa shape index (κ3) is 7.77. The molecule has 0 aromatic rings. The van der Waals surface area contributed by atoms with Crippen LogP contribution < -0.4 is 0 Å². The van der Waals surface area contributed by atoms with Crippen LogP contribution in [0.1, 0.15) is 0 Å². The van der Waals surface area contributed by atoms with Crippen molar-refractivity contribution in [2.24, 2.45) is 0 Å². The van der Waals surface area contributed by atoms with Crippen molar-refractivity contribution in [2.75, 3.05) is 32.3 Å². The number of halogens is 1. The highest BCUT2D eigenvalue weighted by Crippen LogP contribution is 1.79. The van der Waals surface area contributed by atoms with Crippen LogP contribution in [0.5, 0.6) is 0 Å². The van der Waals surface area contributed by atoms with Gasteiger partial charge in [-0.25, -0.2) is 0 Å². The maximum absolute atomic E-state index is 5.34. The van der Waals surface area contributed by atoms with E-state index < -0.39 is 0 Å². The molecule has 0 aliphatic carbocycles. The van der Waals surface area contributed by atoms with Crippen LogP contribution in [-0.2, 0) is 9.47 Å². The van der Waals surface area contributed by atoms with Gasteiger partial charge in [0.05, 0.1) is 19.8 Å². The predicted octanol–water partition coefficient (Wildman–Crippen LogP) is 0.892. The molecule has 0 saturated carbocycles. The number of alkyl halides is 1. The van der Waals surface area contributed by atoms with Crippen molar-refractivity contribution in [3.8, 4) is 12.3 Å². The van der Waals surface area contributed by atoms with Gasteiger partial charge in [0.2, 0.25) is 0 Å². The minimum atomic E-state index is 0.351. The van der Waals surface area contributed by atoms with Gasteiger partial charge in [0.25, 0.3) is 0 Å². The highest BCUT2D eigenvalue weighted by atomic mass is 35.5. The number of hydrogen-bond donors (Lipinski definition) is 0. The SMILES string of the molecule is C#CCOCCOCCCl. The summed E-state index contributed by atoms with van der Waals surface area (Å²) in [7, 11) is 0. The molecule has 3 heteroatoms. The molecular weight excluding hydrogens is 152 g/mol. The highest BCUT2D eigenvalue weighted by molar-refractivity contribution is 6.17. The second-order valence-electron chi connectivity index (χ2n) is 1.56. The van der Waals surface area contributed by atoms with E-state index in [9.17, 15) is 0 Å². The molecule has 0 amide bonds. The lowest BCUT2D eigenvalue weighted by Crippen LogP contribution is -2.05. The average Bonchev–Trinajstić information content (AvgIpc) is 1.97. The predicted molar refractivity (Wildman–Crippen MR) is 41.2 cm³/mol. The molecule has 0 unspecified atom stereocenters. The van der Waals surface area contributed by atoms with E-state index in [-0.39, 0.29) is 0 Å². The van der Waals surface area contributed by atoms with Gasteiger partial charge in [0.15, 0.2) is 0 Å². The van der Waals surface area contributed by atoms with E-state index in [1.807, 2.05) is 0 Å². The summed E-state index contributed by atoms with van der Waals surface area (Å²) in [5.74, 6) is 2.88. The summed E-state index contributed by atoms with van der Waals surface area (Å²) in [6, 6.07) is 0. The van der Waals surface area contributed by atoms with Crippen LogP contribution in [0.25, 0.3) is 0 Å². The van der Waals surface area contributed by atoms with Crippen LogP contribution >= 0.6 is 11.6 Å². The third-order valence-electron chi connectivity index (χ3n) is 0.779. The first kappa shape index (κ1) is 9.77. The summed E-state index contributed by atoms with van der Waals surface area (Å²) in [6.07, 6.45) is 4.93. The average molecular weight is 163 g/mol. The Morgan fingerprint density at radius 2 is 1.90 bits per heavy atom. The second-order valence-corrected chi connectivity index (χ2v) is 1.94. The molecule has 0 atom stereocenters. The van der Waals surface area contributed by atoms with E-state index in [1.54, 1.807) is 0 Å². The van der Waals surface area contributed by atoms with Crippen LogP contribution in [0.15, 0.2) is 0 Å². The fraction of sp³-hybridized carbons (Fsp3) is 0.714.